The molecule has 0 bridgehead atoms. The van der Waals surface area contributed by atoms with Crippen molar-refractivity contribution in [3.63, 3.8) is 0 Å². The molecule has 18 heavy (non-hydrogen) atoms. The number of halogens is 1. The molecule has 5 heteroatoms. The molecule has 1 unspecified atom stereocenters. The fourth-order valence-electron chi connectivity index (χ4n) is 1.75. The van der Waals surface area contributed by atoms with Crippen LogP contribution >= 0.6 is 0 Å². The highest BCUT2D eigenvalue weighted by Gasteiger charge is 2.24. The van der Waals surface area contributed by atoms with Crippen LogP contribution in [0.15, 0.2) is 35.3 Å². The number of benzene rings is 1. The van der Waals surface area contributed by atoms with Crippen LogP contribution in [0.2, 0.25) is 0 Å². The van der Waals surface area contributed by atoms with E-state index in [9.17, 15) is 4.39 Å². The minimum atomic E-state index is -0.288. The Morgan fingerprint density at radius 1 is 1.67 bits per heavy atom. The Morgan fingerprint density at radius 2 is 2.44 bits per heavy atom. The molecule has 0 saturated carbocycles. The fourth-order valence-corrected chi connectivity index (χ4v) is 1.75. The molecule has 0 amide bonds. The van der Waals surface area contributed by atoms with Crippen LogP contribution in [0.5, 0.6) is 5.75 Å². The van der Waals surface area contributed by atoms with Crippen LogP contribution in [0, 0.1) is 5.82 Å². The zero-order chi connectivity index (χ0) is 13.1. The normalized spacial score (nSPS) is 18.1. The number of nitrogens with zero attached hydrogens (tertiary/aromatic N) is 1. The summed E-state index contributed by atoms with van der Waals surface area (Å²) in [5.41, 5.74) is 7.44. The number of nitrogens with one attached hydrogen (secondary N) is 1. The maximum absolute atomic E-state index is 13.2. The van der Waals surface area contributed by atoms with Gasteiger partial charge in [-0.25, -0.2) is 9.38 Å². The SMILES string of the molecule is C=C(C)CN=C(N)NC1COc2ccc(F)cc21. The molecule has 2 rings (SSSR count). The Labute approximate surface area is 105 Å². The molecule has 1 aromatic carbocycles. The molecule has 1 aliphatic heterocycles. The lowest BCUT2D eigenvalue weighted by Crippen LogP contribution is -2.36. The van der Waals surface area contributed by atoms with Crippen molar-refractivity contribution in [3.8, 4) is 5.75 Å². The van der Waals surface area contributed by atoms with Crippen LogP contribution in [-0.2, 0) is 0 Å². The van der Waals surface area contributed by atoms with Gasteiger partial charge in [-0.2, -0.15) is 0 Å². The summed E-state index contributed by atoms with van der Waals surface area (Å²) in [4.78, 5) is 4.12. The lowest BCUT2D eigenvalue weighted by molar-refractivity contribution is 0.324. The van der Waals surface area contributed by atoms with Gasteiger partial charge in [0.1, 0.15) is 18.2 Å². The van der Waals surface area contributed by atoms with E-state index in [1.54, 1.807) is 6.07 Å². The largest absolute Gasteiger partial charge is 0.491 e. The molecule has 0 saturated heterocycles. The topological polar surface area (TPSA) is 59.6 Å². The van der Waals surface area contributed by atoms with Gasteiger partial charge in [0.2, 0.25) is 0 Å². The van der Waals surface area contributed by atoms with Gasteiger partial charge in [-0.3, -0.25) is 0 Å². The van der Waals surface area contributed by atoms with E-state index in [1.165, 1.54) is 12.1 Å². The Morgan fingerprint density at radius 3 is 3.17 bits per heavy atom. The minimum Gasteiger partial charge on any atom is -0.491 e. The number of hydrogen-bond donors (Lipinski definition) is 2. The first-order valence-corrected chi connectivity index (χ1v) is 5.69. The zero-order valence-electron chi connectivity index (χ0n) is 10.2. The number of hydrogen-bond acceptors (Lipinski definition) is 2. The molecule has 4 nitrogen and oxygen atoms in total. The van der Waals surface area contributed by atoms with E-state index < -0.39 is 0 Å². The third-order valence-corrected chi connectivity index (χ3v) is 2.59. The summed E-state index contributed by atoms with van der Waals surface area (Å²) in [6.07, 6.45) is 0. The quantitative estimate of drug-likeness (QED) is 0.487. The van der Waals surface area contributed by atoms with Crippen molar-refractivity contribution in [1.82, 2.24) is 5.32 Å². The molecule has 0 aliphatic carbocycles. The predicted molar refractivity (Wildman–Crippen MR) is 69.1 cm³/mol. The third kappa shape index (κ3) is 2.80. The number of aliphatic imine (C=N–C) groups is 1. The number of rotatable bonds is 3. The van der Waals surface area contributed by atoms with E-state index in [0.717, 1.165) is 11.1 Å². The second-order valence-electron chi connectivity index (χ2n) is 4.35. The predicted octanol–water partition coefficient (Wildman–Crippen LogP) is 1.74. The monoisotopic (exact) mass is 249 g/mol. The molecule has 1 atom stereocenters. The first-order valence-electron chi connectivity index (χ1n) is 5.69. The summed E-state index contributed by atoms with van der Waals surface area (Å²) in [6.45, 7) is 6.51. The molecule has 1 heterocycles. The van der Waals surface area contributed by atoms with E-state index in [1.807, 2.05) is 6.92 Å². The Hall–Kier alpha value is -2.04. The zero-order valence-corrected chi connectivity index (χ0v) is 10.2. The van der Waals surface area contributed by atoms with Gasteiger partial charge in [0.15, 0.2) is 5.96 Å². The second kappa shape index (κ2) is 5.08. The summed E-state index contributed by atoms with van der Waals surface area (Å²) in [6, 6.07) is 4.28. The van der Waals surface area contributed by atoms with Crippen molar-refractivity contribution in [3.05, 3.63) is 41.7 Å². The summed E-state index contributed by atoms with van der Waals surface area (Å²) in [5.74, 6) is 0.703. The smallest absolute Gasteiger partial charge is 0.189 e. The average molecular weight is 249 g/mol. The van der Waals surface area contributed by atoms with Crippen molar-refractivity contribution >= 4 is 5.96 Å². The third-order valence-electron chi connectivity index (χ3n) is 2.59. The van der Waals surface area contributed by atoms with Gasteiger partial charge in [-0.15, -0.1) is 0 Å². The fraction of sp³-hybridized carbons (Fsp3) is 0.308. The standard InChI is InChI=1S/C13H16FN3O/c1-8(2)6-16-13(15)17-11-7-18-12-4-3-9(14)5-10(11)12/h3-5,11H,1,6-7H2,2H3,(H3,15,16,17). The molecule has 96 valence electrons. The molecule has 0 fully saturated rings. The van der Waals surface area contributed by atoms with E-state index in [0.29, 0.717) is 24.9 Å². The maximum atomic E-state index is 13.2. The van der Waals surface area contributed by atoms with Crippen LogP contribution in [-0.4, -0.2) is 19.1 Å². The summed E-state index contributed by atoms with van der Waals surface area (Å²) in [5, 5.41) is 3.01. The van der Waals surface area contributed by atoms with Crippen LogP contribution in [0.1, 0.15) is 18.5 Å². The van der Waals surface area contributed by atoms with Crippen molar-refractivity contribution in [1.29, 1.82) is 0 Å². The average Bonchev–Trinajstić information content (AvgIpc) is 2.69. The van der Waals surface area contributed by atoms with Gasteiger partial charge in [-0.05, 0) is 25.1 Å². The molecule has 0 radical (unpaired) electrons. The second-order valence-corrected chi connectivity index (χ2v) is 4.35. The van der Waals surface area contributed by atoms with Gasteiger partial charge in [0.05, 0.1) is 12.6 Å². The highest BCUT2D eigenvalue weighted by molar-refractivity contribution is 5.78. The summed E-state index contributed by atoms with van der Waals surface area (Å²) < 4.78 is 18.6. The van der Waals surface area contributed by atoms with Crippen molar-refractivity contribution in [2.45, 2.75) is 13.0 Å². The van der Waals surface area contributed by atoms with Crippen LogP contribution in [0.25, 0.3) is 0 Å². The number of nitrogens with two attached hydrogens (primary N) is 1. The number of ether oxygens (including phenoxy) is 1. The van der Waals surface area contributed by atoms with Gasteiger partial charge in [0.25, 0.3) is 0 Å². The van der Waals surface area contributed by atoms with E-state index >= 15 is 0 Å². The molecule has 0 spiro atoms. The van der Waals surface area contributed by atoms with Crippen LogP contribution < -0.4 is 15.8 Å². The highest BCUT2D eigenvalue weighted by Crippen LogP contribution is 2.32. The van der Waals surface area contributed by atoms with Crippen molar-refractivity contribution in [2.75, 3.05) is 13.2 Å². The van der Waals surface area contributed by atoms with Crippen LogP contribution in [0.3, 0.4) is 0 Å². The van der Waals surface area contributed by atoms with Crippen molar-refractivity contribution < 1.29 is 9.13 Å². The number of fused-ring (bicyclic) bond motifs is 1. The first-order chi connectivity index (χ1) is 8.56. The molecule has 1 aliphatic rings. The lowest BCUT2D eigenvalue weighted by atomic mass is 10.1. The van der Waals surface area contributed by atoms with Gasteiger partial charge in [0, 0.05) is 5.56 Å². The maximum Gasteiger partial charge on any atom is 0.189 e. The van der Waals surface area contributed by atoms with Crippen LogP contribution in [0.4, 0.5) is 4.39 Å². The Kier molecular flexibility index (Phi) is 3.50. The Bertz CT molecular complexity index is 499. The summed E-state index contributed by atoms with van der Waals surface area (Å²) in [7, 11) is 0. The highest BCUT2D eigenvalue weighted by atomic mass is 19.1. The molecule has 0 aromatic heterocycles. The Balaban J connectivity index is 2.07. The molecular weight excluding hydrogens is 233 g/mol. The molecule has 1 aromatic rings. The van der Waals surface area contributed by atoms with Crippen molar-refractivity contribution in [2.24, 2.45) is 10.7 Å². The van der Waals surface area contributed by atoms with Gasteiger partial charge >= 0.3 is 0 Å². The first kappa shape index (κ1) is 12.4. The lowest BCUT2D eigenvalue weighted by Gasteiger charge is -2.12. The molecule has 3 N–H and O–H groups in total. The van der Waals surface area contributed by atoms with Gasteiger partial charge in [-0.1, -0.05) is 12.2 Å². The molecular formula is C13H16FN3O. The minimum absolute atomic E-state index is 0.162. The van der Waals surface area contributed by atoms with Gasteiger partial charge < -0.3 is 15.8 Å². The van der Waals surface area contributed by atoms with E-state index in [4.69, 9.17) is 10.5 Å². The summed E-state index contributed by atoms with van der Waals surface area (Å²) >= 11 is 0. The van der Waals surface area contributed by atoms with E-state index in [2.05, 4.69) is 16.9 Å². The van der Waals surface area contributed by atoms with E-state index in [-0.39, 0.29) is 11.9 Å². The number of guanidine groups is 1.